The van der Waals surface area contributed by atoms with Crippen LogP contribution in [-0.2, 0) is 9.53 Å². The van der Waals surface area contributed by atoms with Gasteiger partial charge in [0.1, 0.15) is 6.10 Å². The fraction of sp³-hybridized carbons (Fsp3) is 0.615. The molecule has 2 atom stereocenters. The van der Waals surface area contributed by atoms with Gasteiger partial charge in [0.15, 0.2) is 0 Å². The second-order valence-corrected chi connectivity index (χ2v) is 6.35. The molecule has 1 aliphatic rings. The lowest BCUT2D eigenvalue weighted by Crippen LogP contribution is -2.49. The number of hydrogen-bond donors (Lipinski definition) is 1. The normalized spacial score (nSPS) is 21.4. The summed E-state index contributed by atoms with van der Waals surface area (Å²) < 4.78 is 5.73. The van der Waals surface area contributed by atoms with Crippen LogP contribution in [-0.4, -0.2) is 48.6 Å². The number of nitrogens with two attached hydrogens (primary N) is 1. The first-order valence-corrected chi connectivity index (χ1v) is 8.73. The number of ether oxygens (including phenoxy) is 1. The Morgan fingerprint density at radius 3 is 3.26 bits per heavy atom. The number of thiophene rings is 1. The molecule has 0 aliphatic carbocycles. The topological polar surface area (TPSA) is 55.6 Å². The van der Waals surface area contributed by atoms with Crippen molar-refractivity contribution in [1.29, 1.82) is 0 Å². The molecular formula is C13H20N2O2S2. The summed E-state index contributed by atoms with van der Waals surface area (Å²) in [4.78, 5) is 14.1. The third-order valence-electron chi connectivity index (χ3n) is 3.24. The summed E-state index contributed by atoms with van der Waals surface area (Å²) in [7, 11) is 0. The van der Waals surface area contributed by atoms with E-state index in [4.69, 9.17) is 10.5 Å². The van der Waals surface area contributed by atoms with Gasteiger partial charge >= 0.3 is 0 Å². The smallest absolute Gasteiger partial charge is 0.239 e. The van der Waals surface area contributed by atoms with Crippen molar-refractivity contribution in [3.8, 4) is 0 Å². The average molecular weight is 300 g/mol. The first-order valence-electron chi connectivity index (χ1n) is 6.39. The van der Waals surface area contributed by atoms with Crippen LogP contribution in [0.5, 0.6) is 0 Å². The van der Waals surface area contributed by atoms with Crippen LogP contribution < -0.4 is 5.73 Å². The van der Waals surface area contributed by atoms with Gasteiger partial charge in [0.05, 0.1) is 19.2 Å². The highest BCUT2D eigenvalue weighted by Crippen LogP contribution is 2.24. The summed E-state index contributed by atoms with van der Waals surface area (Å²) in [6.45, 7) is 1.84. The molecule has 0 spiro atoms. The zero-order valence-corrected chi connectivity index (χ0v) is 12.7. The molecule has 0 radical (unpaired) electrons. The number of rotatable bonds is 5. The molecule has 1 aromatic rings. The van der Waals surface area contributed by atoms with Gasteiger partial charge in [0.25, 0.3) is 0 Å². The van der Waals surface area contributed by atoms with Crippen molar-refractivity contribution < 1.29 is 9.53 Å². The molecule has 0 saturated carbocycles. The summed E-state index contributed by atoms with van der Waals surface area (Å²) in [5.41, 5.74) is 7.11. The van der Waals surface area contributed by atoms with Gasteiger partial charge in [0, 0.05) is 6.54 Å². The Bertz CT molecular complexity index is 397. The fourth-order valence-electron chi connectivity index (χ4n) is 2.11. The first kappa shape index (κ1) is 14.8. The van der Waals surface area contributed by atoms with Crippen LogP contribution in [0.3, 0.4) is 0 Å². The lowest BCUT2D eigenvalue weighted by atomic mass is 10.1. The number of morpholine rings is 1. The number of carbonyl (C=O) groups excluding carboxylic acids is 1. The van der Waals surface area contributed by atoms with E-state index in [1.165, 1.54) is 0 Å². The number of thioether (sulfide) groups is 1. The molecule has 19 heavy (non-hydrogen) atoms. The molecule has 4 nitrogen and oxygen atoms in total. The van der Waals surface area contributed by atoms with Crippen LogP contribution in [0.4, 0.5) is 0 Å². The molecular weight excluding hydrogens is 280 g/mol. The van der Waals surface area contributed by atoms with Crippen molar-refractivity contribution in [2.45, 2.75) is 18.6 Å². The minimum atomic E-state index is -0.381. The summed E-state index contributed by atoms with van der Waals surface area (Å²) in [6, 6.07) is 1.67. The maximum atomic E-state index is 12.3. The largest absolute Gasteiger partial charge is 0.370 e. The molecule has 1 fully saturated rings. The van der Waals surface area contributed by atoms with Gasteiger partial charge < -0.3 is 15.4 Å². The van der Waals surface area contributed by atoms with Crippen LogP contribution in [0.1, 0.15) is 18.1 Å². The van der Waals surface area contributed by atoms with Crippen molar-refractivity contribution in [3.05, 3.63) is 22.4 Å². The SMILES string of the molecule is CSCC[C@H](N)C(=O)N1CCOC(c2ccsc2)C1. The lowest BCUT2D eigenvalue weighted by Gasteiger charge is -2.34. The monoisotopic (exact) mass is 300 g/mol. The van der Waals surface area contributed by atoms with Crippen LogP contribution >= 0.6 is 23.1 Å². The van der Waals surface area contributed by atoms with Crippen molar-refractivity contribution in [3.63, 3.8) is 0 Å². The summed E-state index contributed by atoms with van der Waals surface area (Å²) in [5.74, 6) is 0.975. The Morgan fingerprint density at radius 1 is 1.74 bits per heavy atom. The molecule has 1 saturated heterocycles. The van der Waals surface area contributed by atoms with Crippen molar-refractivity contribution in [2.24, 2.45) is 5.73 Å². The molecule has 1 aliphatic heterocycles. The Hall–Kier alpha value is -0.560. The van der Waals surface area contributed by atoms with E-state index in [9.17, 15) is 4.79 Å². The van der Waals surface area contributed by atoms with E-state index < -0.39 is 0 Å². The molecule has 2 rings (SSSR count). The van der Waals surface area contributed by atoms with Gasteiger partial charge in [-0.2, -0.15) is 23.1 Å². The molecule has 6 heteroatoms. The Labute approximate surface area is 122 Å². The predicted molar refractivity (Wildman–Crippen MR) is 80.6 cm³/mol. The third kappa shape index (κ3) is 3.95. The first-order chi connectivity index (χ1) is 9.22. The van der Waals surface area contributed by atoms with Gasteiger partial charge in [-0.25, -0.2) is 0 Å². The Kier molecular flexibility index (Phi) is 5.69. The number of carbonyl (C=O) groups is 1. The maximum absolute atomic E-state index is 12.3. The second kappa shape index (κ2) is 7.28. The standard InChI is InChI=1S/C13H20N2O2S2/c1-18-6-3-11(14)13(16)15-4-5-17-12(8-15)10-2-7-19-9-10/h2,7,9,11-12H,3-6,8,14H2,1H3/t11-,12?/m0/s1. The molecule has 1 unspecified atom stereocenters. The molecule has 1 amide bonds. The van der Waals surface area contributed by atoms with Crippen molar-refractivity contribution in [2.75, 3.05) is 31.7 Å². The summed E-state index contributed by atoms with van der Waals surface area (Å²) >= 11 is 3.37. The highest BCUT2D eigenvalue weighted by molar-refractivity contribution is 7.98. The zero-order chi connectivity index (χ0) is 13.7. The predicted octanol–water partition coefficient (Wildman–Crippen LogP) is 1.73. The number of nitrogens with zero attached hydrogens (tertiary/aromatic N) is 1. The summed E-state index contributed by atoms with van der Waals surface area (Å²) in [5, 5.41) is 4.11. The van der Waals surface area contributed by atoms with Crippen LogP contribution in [0.15, 0.2) is 16.8 Å². The molecule has 2 heterocycles. The van der Waals surface area contributed by atoms with E-state index in [1.54, 1.807) is 23.1 Å². The molecule has 0 aromatic carbocycles. The van der Waals surface area contributed by atoms with E-state index in [0.29, 0.717) is 19.7 Å². The van der Waals surface area contributed by atoms with Crippen molar-refractivity contribution in [1.82, 2.24) is 4.90 Å². The van der Waals surface area contributed by atoms with Gasteiger partial charge in [0.2, 0.25) is 5.91 Å². The second-order valence-electron chi connectivity index (χ2n) is 4.59. The van der Waals surface area contributed by atoms with E-state index in [1.807, 2.05) is 16.5 Å². The van der Waals surface area contributed by atoms with E-state index in [2.05, 4.69) is 11.4 Å². The van der Waals surface area contributed by atoms with E-state index >= 15 is 0 Å². The highest BCUT2D eigenvalue weighted by atomic mass is 32.2. The van der Waals surface area contributed by atoms with Gasteiger partial charge in [-0.1, -0.05) is 0 Å². The van der Waals surface area contributed by atoms with E-state index in [0.717, 1.165) is 17.7 Å². The van der Waals surface area contributed by atoms with Gasteiger partial charge in [-0.3, -0.25) is 4.79 Å². The quantitative estimate of drug-likeness (QED) is 0.900. The zero-order valence-electron chi connectivity index (χ0n) is 11.1. The lowest BCUT2D eigenvalue weighted by molar-refractivity contribution is -0.140. The van der Waals surface area contributed by atoms with Gasteiger partial charge in [-0.15, -0.1) is 0 Å². The van der Waals surface area contributed by atoms with Crippen LogP contribution in [0.2, 0.25) is 0 Å². The maximum Gasteiger partial charge on any atom is 0.239 e. The van der Waals surface area contributed by atoms with Crippen LogP contribution in [0.25, 0.3) is 0 Å². The summed E-state index contributed by atoms with van der Waals surface area (Å²) in [6.07, 6.45) is 2.76. The highest BCUT2D eigenvalue weighted by Gasteiger charge is 2.28. The van der Waals surface area contributed by atoms with Crippen molar-refractivity contribution >= 4 is 29.0 Å². The molecule has 106 valence electrons. The average Bonchev–Trinajstić information content (AvgIpc) is 2.98. The fourth-order valence-corrected chi connectivity index (χ4v) is 3.30. The molecule has 2 N–H and O–H groups in total. The minimum Gasteiger partial charge on any atom is -0.370 e. The Morgan fingerprint density at radius 2 is 2.58 bits per heavy atom. The Balaban J connectivity index is 1.91. The van der Waals surface area contributed by atoms with E-state index in [-0.39, 0.29) is 18.1 Å². The molecule has 0 bridgehead atoms. The van der Waals surface area contributed by atoms with Gasteiger partial charge in [-0.05, 0) is 40.8 Å². The number of hydrogen-bond acceptors (Lipinski definition) is 5. The number of amides is 1. The van der Waals surface area contributed by atoms with Crippen LogP contribution in [0, 0.1) is 0 Å². The third-order valence-corrected chi connectivity index (χ3v) is 4.59. The minimum absolute atomic E-state index is 0.00306. The molecule has 1 aromatic heterocycles.